The molecule has 0 aliphatic carbocycles. The number of carboxylic acid groups (broad SMARTS) is 1. The zero-order valence-electron chi connectivity index (χ0n) is 6.01. The van der Waals surface area contributed by atoms with Crippen LogP contribution in [-0.4, -0.2) is 27.7 Å². The molecular weight excluding hydrogens is 184 g/mol. The molecule has 0 saturated carbocycles. The van der Waals surface area contributed by atoms with E-state index in [1.807, 2.05) is 0 Å². The lowest BCUT2D eigenvalue weighted by Gasteiger charge is -1.98. The van der Waals surface area contributed by atoms with Gasteiger partial charge in [-0.1, -0.05) is 0 Å². The molecule has 0 spiro atoms. The minimum Gasteiger partial charge on any atom is -0.479 e. The van der Waals surface area contributed by atoms with Crippen LogP contribution in [0.2, 0.25) is 0 Å². The second-order valence-corrected chi connectivity index (χ2v) is 1.73. The van der Waals surface area contributed by atoms with Gasteiger partial charge in [-0.05, 0) is 0 Å². The second-order valence-electron chi connectivity index (χ2n) is 1.73. The highest BCUT2D eigenvalue weighted by atomic mass is 35.5. The number of ether oxygens (including phenoxy) is 1. The van der Waals surface area contributed by atoms with Crippen LogP contribution in [0.25, 0.3) is 0 Å². The van der Waals surface area contributed by atoms with Crippen molar-refractivity contribution in [2.75, 3.05) is 6.61 Å². The molecule has 12 heavy (non-hydrogen) atoms. The fraction of sp³-hybridized carbons (Fsp3) is 0.167. The van der Waals surface area contributed by atoms with Crippen molar-refractivity contribution in [1.29, 1.82) is 0 Å². The molecule has 0 aromatic carbocycles. The normalized spacial score (nSPS) is 8.33. The van der Waals surface area contributed by atoms with E-state index in [1.165, 1.54) is 18.6 Å². The van der Waals surface area contributed by atoms with Crippen molar-refractivity contribution < 1.29 is 14.6 Å². The van der Waals surface area contributed by atoms with E-state index in [0.29, 0.717) is 0 Å². The number of halogens is 1. The topological polar surface area (TPSA) is 72.3 Å². The maximum absolute atomic E-state index is 10.0. The summed E-state index contributed by atoms with van der Waals surface area (Å²) in [4.78, 5) is 17.3. The SMILES string of the molecule is Cl.O=C(O)COc1ccncn1. The van der Waals surface area contributed by atoms with Crippen LogP contribution in [-0.2, 0) is 4.79 Å². The first-order valence-corrected chi connectivity index (χ1v) is 2.89. The third-order valence-electron chi connectivity index (χ3n) is 0.898. The molecule has 0 radical (unpaired) electrons. The standard InChI is InChI=1S/C6H6N2O3.ClH/c9-6(10)3-11-5-1-2-7-4-8-5;/h1-2,4H,3H2,(H,9,10);1H. The predicted molar refractivity (Wildman–Crippen MR) is 42.4 cm³/mol. The fourth-order valence-electron chi connectivity index (χ4n) is 0.500. The highest BCUT2D eigenvalue weighted by Gasteiger charge is 1.97. The minimum absolute atomic E-state index is 0. The molecule has 0 fully saturated rings. The van der Waals surface area contributed by atoms with Crippen LogP contribution in [0.3, 0.4) is 0 Å². The van der Waals surface area contributed by atoms with Gasteiger partial charge < -0.3 is 9.84 Å². The molecule has 1 aromatic heterocycles. The van der Waals surface area contributed by atoms with Gasteiger partial charge in [-0.3, -0.25) is 0 Å². The Kier molecular flexibility index (Phi) is 4.71. The van der Waals surface area contributed by atoms with Gasteiger partial charge >= 0.3 is 5.97 Å². The largest absolute Gasteiger partial charge is 0.479 e. The highest BCUT2D eigenvalue weighted by molar-refractivity contribution is 5.85. The van der Waals surface area contributed by atoms with Crippen LogP contribution < -0.4 is 4.74 Å². The van der Waals surface area contributed by atoms with Crippen LogP contribution >= 0.6 is 12.4 Å². The highest BCUT2D eigenvalue weighted by Crippen LogP contribution is 2.00. The van der Waals surface area contributed by atoms with Crippen molar-refractivity contribution in [3.05, 3.63) is 18.6 Å². The number of carbonyl (C=O) groups is 1. The number of rotatable bonds is 3. The van der Waals surface area contributed by atoms with Gasteiger partial charge in [0.05, 0.1) is 0 Å². The van der Waals surface area contributed by atoms with Crippen LogP contribution in [0.5, 0.6) is 5.88 Å². The van der Waals surface area contributed by atoms with E-state index in [9.17, 15) is 4.79 Å². The van der Waals surface area contributed by atoms with Gasteiger partial charge in [0.2, 0.25) is 5.88 Å². The first kappa shape index (κ1) is 10.6. The van der Waals surface area contributed by atoms with E-state index in [-0.39, 0.29) is 24.9 Å². The van der Waals surface area contributed by atoms with Gasteiger partial charge in [0.25, 0.3) is 0 Å². The third-order valence-corrected chi connectivity index (χ3v) is 0.898. The van der Waals surface area contributed by atoms with Crippen molar-refractivity contribution in [1.82, 2.24) is 9.97 Å². The molecule has 5 nitrogen and oxygen atoms in total. The summed E-state index contributed by atoms with van der Waals surface area (Å²) in [5.41, 5.74) is 0. The van der Waals surface area contributed by atoms with Crippen molar-refractivity contribution >= 4 is 18.4 Å². The van der Waals surface area contributed by atoms with E-state index in [4.69, 9.17) is 9.84 Å². The number of aliphatic carboxylic acids is 1. The minimum atomic E-state index is -1.02. The molecule has 0 atom stereocenters. The van der Waals surface area contributed by atoms with E-state index in [2.05, 4.69) is 9.97 Å². The lowest BCUT2D eigenvalue weighted by Crippen LogP contribution is -2.10. The lowest BCUT2D eigenvalue weighted by molar-refractivity contribution is -0.139. The maximum atomic E-state index is 10.0. The Balaban J connectivity index is 0.00000121. The molecule has 1 N–H and O–H groups in total. The summed E-state index contributed by atoms with van der Waals surface area (Å²) in [6.07, 6.45) is 2.77. The van der Waals surface area contributed by atoms with Gasteiger partial charge in [0.1, 0.15) is 6.33 Å². The number of hydrogen-bond acceptors (Lipinski definition) is 4. The monoisotopic (exact) mass is 190 g/mol. The summed E-state index contributed by atoms with van der Waals surface area (Å²) in [7, 11) is 0. The first-order valence-electron chi connectivity index (χ1n) is 2.89. The molecule has 1 aromatic rings. The van der Waals surface area contributed by atoms with Gasteiger partial charge in [-0.15, -0.1) is 12.4 Å². The van der Waals surface area contributed by atoms with Gasteiger partial charge in [-0.2, -0.15) is 0 Å². The number of aromatic nitrogens is 2. The summed E-state index contributed by atoms with van der Waals surface area (Å²) in [5, 5.41) is 8.21. The zero-order valence-corrected chi connectivity index (χ0v) is 6.82. The van der Waals surface area contributed by atoms with E-state index < -0.39 is 5.97 Å². The summed E-state index contributed by atoms with van der Waals surface area (Å²) < 4.78 is 4.72. The smallest absolute Gasteiger partial charge is 0.341 e. The van der Waals surface area contributed by atoms with Crippen molar-refractivity contribution in [2.24, 2.45) is 0 Å². The number of hydrogen-bond donors (Lipinski definition) is 1. The van der Waals surface area contributed by atoms with Crippen molar-refractivity contribution in [3.63, 3.8) is 0 Å². The van der Waals surface area contributed by atoms with E-state index in [1.54, 1.807) is 0 Å². The first-order chi connectivity index (χ1) is 5.29. The van der Waals surface area contributed by atoms with Crippen LogP contribution in [0.4, 0.5) is 0 Å². The molecule has 0 amide bonds. The zero-order chi connectivity index (χ0) is 8.10. The molecular formula is C6H7ClN2O3. The van der Waals surface area contributed by atoms with E-state index >= 15 is 0 Å². The number of carboxylic acids is 1. The molecule has 0 saturated heterocycles. The molecule has 0 unspecified atom stereocenters. The number of nitrogens with zero attached hydrogens (tertiary/aromatic N) is 2. The van der Waals surface area contributed by atoms with Gasteiger partial charge in [-0.25, -0.2) is 14.8 Å². The van der Waals surface area contributed by atoms with Gasteiger partial charge in [0, 0.05) is 12.3 Å². The van der Waals surface area contributed by atoms with Crippen LogP contribution in [0, 0.1) is 0 Å². The fourth-order valence-corrected chi connectivity index (χ4v) is 0.500. The Hall–Kier alpha value is -1.36. The molecule has 66 valence electrons. The maximum Gasteiger partial charge on any atom is 0.341 e. The molecule has 0 aliphatic heterocycles. The summed E-state index contributed by atoms with van der Waals surface area (Å²) in [5.74, 6) is -0.758. The predicted octanol–water partition coefficient (Wildman–Crippen LogP) is 0.362. The Morgan fingerprint density at radius 2 is 2.42 bits per heavy atom. The van der Waals surface area contributed by atoms with Crippen molar-refractivity contribution in [2.45, 2.75) is 0 Å². The van der Waals surface area contributed by atoms with Crippen LogP contribution in [0.1, 0.15) is 0 Å². The molecule has 0 aliphatic rings. The molecule has 6 heteroatoms. The molecule has 1 heterocycles. The Morgan fingerprint density at radius 1 is 1.67 bits per heavy atom. The summed E-state index contributed by atoms with van der Waals surface area (Å²) in [6.45, 7) is -0.378. The summed E-state index contributed by atoms with van der Waals surface area (Å²) >= 11 is 0. The quantitative estimate of drug-likeness (QED) is 0.745. The average molecular weight is 191 g/mol. The van der Waals surface area contributed by atoms with Crippen molar-refractivity contribution in [3.8, 4) is 5.88 Å². The molecule has 0 bridgehead atoms. The Bertz CT molecular complexity index is 242. The molecule has 1 rings (SSSR count). The Morgan fingerprint density at radius 3 is 2.92 bits per heavy atom. The summed E-state index contributed by atoms with van der Waals surface area (Å²) in [6, 6.07) is 1.49. The Labute approximate surface area is 74.8 Å². The average Bonchev–Trinajstić information content (AvgIpc) is 2.03. The third kappa shape index (κ3) is 3.72. The van der Waals surface area contributed by atoms with Gasteiger partial charge in [0.15, 0.2) is 6.61 Å². The van der Waals surface area contributed by atoms with E-state index in [0.717, 1.165) is 0 Å². The van der Waals surface area contributed by atoms with Crippen LogP contribution in [0.15, 0.2) is 18.6 Å². The lowest BCUT2D eigenvalue weighted by atomic mass is 10.6. The second kappa shape index (κ2) is 5.31.